The lowest BCUT2D eigenvalue weighted by Gasteiger charge is -2.27. The summed E-state index contributed by atoms with van der Waals surface area (Å²) in [4.78, 5) is 206. The lowest BCUT2D eigenvalue weighted by Crippen LogP contribution is -2.39. The number of rotatable bonds is 19. The number of imide groups is 8. The SMILES string of the molecule is CCCNc1ccc2c(c1)CC(=O)N(C)C2=O.CCNc1ccc2c(c1)CC(=O)N(C)C2=O.CN(C)CCNc1ccc2c(c1)CC(=O)N(C)C2=O.CN1C(=O)Cc2cc(NCC3CC3)ccc2C1=O.CN1C(=O)Cc2cc(NCCN3CCCCC3)ccc2C1=O.CN=C(N)c1ccc2c(c1)CC(=O)N(C)C2=O.CNc1cc2c(cc1Br)C(=O)N(C)C(=O)C2.CNc1cc2c(cc1Cl)C(=O)N(C)C(=O)C2. The number of hydrogen-bond acceptors (Lipinski definition) is 26. The Labute approximate surface area is 834 Å². The van der Waals surface area contributed by atoms with Gasteiger partial charge in [0, 0.05) is 212 Å². The van der Waals surface area contributed by atoms with Crippen molar-refractivity contribution in [3.05, 3.63) is 238 Å². The number of carbonyl (C=O) groups excluding carboxylic acids is 16. The number of nitrogens with zero attached hydrogens (tertiary/aromatic N) is 11. The number of amides is 16. The first-order valence-electron chi connectivity index (χ1n) is 46.7. The van der Waals surface area contributed by atoms with Gasteiger partial charge in [-0.05, 0) is 260 Å². The molecule has 0 spiro atoms. The van der Waals surface area contributed by atoms with E-state index in [9.17, 15) is 76.7 Å². The van der Waals surface area contributed by atoms with E-state index < -0.39 is 0 Å². The van der Waals surface area contributed by atoms with E-state index in [0.29, 0.717) is 93.0 Å². The van der Waals surface area contributed by atoms with E-state index >= 15 is 0 Å². The number of amidine groups is 1. The van der Waals surface area contributed by atoms with E-state index in [1.165, 1.54) is 119 Å². The van der Waals surface area contributed by atoms with Gasteiger partial charge in [-0.3, -0.25) is 121 Å². The molecule has 0 atom stereocenters. The maximum absolute atomic E-state index is 12.0. The van der Waals surface area contributed by atoms with Crippen LogP contribution in [0.15, 0.2) is 143 Å². The minimum atomic E-state index is -0.296. The number of carbonyl (C=O) groups is 16. The van der Waals surface area contributed by atoms with Crippen molar-refractivity contribution < 1.29 is 76.7 Å². The van der Waals surface area contributed by atoms with E-state index in [-0.39, 0.29) is 114 Å². The first kappa shape index (κ1) is 107. The molecule has 8 aromatic rings. The highest BCUT2D eigenvalue weighted by atomic mass is 79.9. The molecule has 9 N–H and O–H groups in total. The van der Waals surface area contributed by atoms with E-state index in [1.54, 1.807) is 82.8 Å². The molecule has 1 saturated carbocycles. The van der Waals surface area contributed by atoms with Crippen molar-refractivity contribution in [1.29, 1.82) is 0 Å². The summed E-state index contributed by atoms with van der Waals surface area (Å²) in [6.45, 7) is 12.9. The van der Waals surface area contributed by atoms with Gasteiger partial charge in [0.25, 0.3) is 47.3 Å². The number of benzene rings is 8. The van der Waals surface area contributed by atoms with Crippen molar-refractivity contribution in [1.82, 2.24) is 49.0 Å². The molecule has 0 aromatic heterocycles. The first-order valence-corrected chi connectivity index (χ1v) is 47.9. The third-order valence-electron chi connectivity index (χ3n) is 25.4. The molecular formula is C104H123BrClN19O16. The molecule has 18 rings (SSSR count). The van der Waals surface area contributed by atoms with Crippen LogP contribution in [0, 0.1) is 5.92 Å². The summed E-state index contributed by atoms with van der Waals surface area (Å²) in [6, 6.07) is 40.1. The summed E-state index contributed by atoms with van der Waals surface area (Å²) in [6.07, 6.45) is 9.87. The highest BCUT2D eigenvalue weighted by molar-refractivity contribution is 9.10. The molecule has 9 heterocycles. The van der Waals surface area contributed by atoms with Gasteiger partial charge in [0.15, 0.2) is 0 Å². The molecule has 1 aliphatic carbocycles. The summed E-state index contributed by atoms with van der Waals surface area (Å²) < 4.78 is 0.824. The van der Waals surface area contributed by atoms with Crippen LogP contribution in [0.3, 0.4) is 0 Å². The number of halogens is 2. The zero-order valence-electron chi connectivity index (χ0n) is 82.3. The van der Waals surface area contributed by atoms with E-state index in [2.05, 4.69) is 74.9 Å². The lowest BCUT2D eigenvalue weighted by atomic mass is 9.96. The molecule has 0 unspecified atom stereocenters. The first-order chi connectivity index (χ1) is 67.2. The summed E-state index contributed by atoms with van der Waals surface area (Å²) in [5.74, 6) is -1.92. The Morgan fingerprint density at radius 3 is 1.00 bits per heavy atom. The molecule has 16 amide bonds. The predicted molar refractivity (Wildman–Crippen MR) is 546 cm³/mol. The van der Waals surface area contributed by atoms with Crippen LogP contribution in [-0.2, 0) is 89.7 Å². The lowest BCUT2D eigenvalue weighted by molar-refractivity contribution is -0.128. The number of hydrogen-bond donors (Lipinski definition) is 8. The van der Waals surface area contributed by atoms with Crippen LogP contribution in [0.4, 0.5) is 39.8 Å². The Hall–Kier alpha value is -14.4. The Bertz CT molecular complexity index is 6180. The zero-order valence-corrected chi connectivity index (χ0v) is 84.7. The van der Waals surface area contributed by atoms with Crippen LogP contribution in [0.2, 0.25) is 5.02 Å². The minimum absolute atomic E-state index is 0.133. The molecule has 0 radical (unpaired) electrons. The van der Waals surface area contributed by atoms with Gasteiger partial charge >= 0.3 is 0 Å². The highest BCUT2D eigenvalue weighted by Gasteiger charge is 2.37. The minimum Gasteiger partial charge on any atom is -0.387 e. The van der Waals surface area contributed by atoms with Gasteiger partial charge in [0.1, 0.15) is 5.84 Å². The molecule has 0 bridgehead atoms. The van der Waals surface area contributed by atoms with Crippen molar-refractivity contribution in [2.45, 2.75) is 104 Å². The largest absolute Gasteiger partial charge is 0.387 e. The second-order valence-corrected chi connectivity index (χ2v) is 36.9. The van der Waals surface area contributed by atoms with Crippen molar-refractivity contribution >= 4 is 168 Å². The molecule has 744 valence electrons. The Morgan fingerprint density at radius 2 is 0.674 bits per heavy atom. The van der Waals surface area contributed by atoms with Gasteiger partial charge in [-0.25, -0.2) is 0 Å². The molecule has 8 aromatic carbocycles. The van der Waals surface area contributed by atoms with Crippen molar-refractivity contribution in [3.63, 3.8) is 0 Å². The van der Waals surface area contributed by atoms with Crippen molar-refractivity contribution in [2.24, 2.45) is 16.6 Å². The van der Waals surface area contributed by atoms with Crippen LogP contribution >= 0.6 is 27.5 Å². The van der Waals surface area contributed by atoms with Crippen LogP contribution in [0.1, 0.15) is 185 Å². The molecule has 2 fully saturated rings. The maximum atomic E-state index is 12.0. The van der Waals surface area contributed by atoms with E-state index in [0.717, 1.165) is 162 Å². The van der Waals surface area contributed by atoms with Gasteiger partial charge in [-0.2, -0.15) is 0 Å². The summed E-state index contributed by atoms with van der Waals surface area (Å²) in [7, 11) is 21.3. The molecule has 10 aliphatic rings. The van der Waals surface area contributed by atoms with E-state index in [4.69, 9.17) is 17.3 Å². The summed E-state index contributed by atoms with van der Waals surface area (Å²) in [5, 5.41) is 22.9. The van der Waals surface area contributed by atoms with Gasteiger partial charge in [0.05, 0.1) is 62.1 Å². The number of piperidine rings is 1. The van der Waals surface area contributed by atoms with Crippen molar-refractivity contribution in [2.75, 3.05) is 188 Å². The second-order valence-electron chi connectivity index (χ2n) is 35.6. The molecule has 1 saturated heterocycles. The van der Waals surface area contributed by atoms with Gasteiger partial charge < -0.3 is 52.8 Å². The molecule has 37 heteroatoms. The van der Waals surface area contributed by atoms with Gasteiger partial charge in [0.2, 0.25) is 47.3 Å². The van der Waals surface area contributed by atoms with Crippen LogP contribution in [0.25, 0.3) is 0 Å². The third kappa shape index (κ3) is 26.6. The average Bonchev–Trinajstić information content (AvgIpc) is 1.68. The fourth-order valence-corrected chi connectivity index (χ4v) is 17.3. The highest BCUT2D eigenvalue weighted by Crippen LogP contribution is 2.35. The molecule has 35 nitrogen and oxygen atoms in total. The quantitative estimate of drug-likeness (QED) is 0.0212. The normalized spacial score (nSPS) is 16.3. The van der Waals surface area contributed by atoms with Crippen LogP contribution in [-0.4, -0.2) is 300 Å². The monoisotopic (exact) mass is 2010 g/mol. The van der Waals surface area contributed by atoms with E-state index in [1.807, 2.05) is 99.9 Å². The van der Waals surface area contributed by atoms with Gasteiger partial charge in [-0.1, -0.05) is 31.0 Å². The molecular weight excluding hydrogens is 1890 g/mol. The Morgan fingerprint density at radius 1 is 0.376 bits per heavy atom. The fraction of sp³-hybridized carbons (Fsp3) is 0.375. The standard InChI is InChI=1S/C17H23N3O2.C14H19N3O2.C14H16N2O2.C13H16N2O2.C12H13N3O2.C12H14N2O2.C11H11BrN2O2.C11H11ClN2O2/c1-19-16(21)12-13-11-14(5-6-15(13)17(19)22)18-7-10-20-8-3-2-4-9-20;1-16(2)7-6-15-11-4-5-12-10(8-11)9-13(18)17(3)14(12)19;1-16-13(17)7-10-6-11(15-8-9-2-3-9)4-5-12(10)14(16)18;1-3-6-14-10-4-5-11-9(7-10)8-12(16)15(2)13(11)17;1-14-11(13)7-3-4-9-8(5-7)6-10(16)15(2)12(9)17;1-3-13-9-4-5-10-8(6-9)7-11(15)14(2)12(10)16;2*1-13-9-3-6-4-10(15)14(2)11(16)7(6)5-8(9)12/h5-6,11,18H,2-4,7-10,12H2,1H3;4-5,8,15H,6-7,9H2,1-3H3;4-6,9,15H,2-3,7-8H2,1H3;4-5,7,14H,3,6,8H2,1-2H3;3-5H,6H2,1-2H3,(H2,13,14);4-6,13H,3,7H2,1-2H3;2*3,5,13H,4H2,1-2H3. The molecule has 141 heavy (non-hydrogen) atoms. The Balaban J connectivity index is 0.000000154. The molecule has 9 aliphatic heterocycles. The fourth-order valence-electron chi connectivity index (χ4n) is 16.5. The van der Waals surface area contributed by atoms with Crippen LogP contribution in [0.5, 0.6) is 0 Å². The number of likely N-dealkylation sites (N-methyl/N-ethyl adjacent to an activating group) is 9. The number of nitrogens with two attached hydrogens (primary N) is 1. The summed E-state index contributed by atoms with van der Waals surface area (Å²) in [5.41, 5.74) is 24.0. The number of fused-ring (bicyclic) bond motifs is 8. The topological polar surface area (TPSA) is 428 Å². The van der Waals surface area contributed by atoms with Gasteiger partial charge in [-0.15, -0.1) is 0 Å². The van der Waals surface area contributed by atoms with Crippen LogP contribution < -0.4 is 43.0 Å². The Kier molecular flexibility index (Phi) is 36.8. The number of nitrogens with one attached hydrogen (secondary N) is 7. The second kappa shape index (κ2) is 48.5. The smallest absolute Gasteiger partial charge is 0.260 e. The number of aliphatic imine (C=N–C) groups is 1. The average molecular weight is 2010 g/mol. The third-order valence-corrected chi connectivity index (χ3v) is 26.4. The predicted octanol–water partition coefficient (Wildman–Crippen LogP) is 10.5. The summed E-state index contributed by atoms with van der Waals surface area (Å²) >= 11 is 9.37. The zero-order chi connectivity index (χ0) is 103. The van der Waals surface area contributed by atoms with Crippen molar-refractivity contribution in [3.8, 4) is 0 Å². The maximum Gasteiger partial charge on any atom is 0.260 e. The number of anilines is 7. The number of likely N-dealkylation sites (tertiary alicyclic amines) is 1.